The van der Waals surface area contributed by atoms with Crippen molar-refractivity contribution in [2.75, 3.05) is 12.4 Å². The second-order valence-corrected chi connectivity index (χ2v) is 4.93. The van der Waals surface area contributed by atoms with Gasteiger partial charge in [0, 0.05) is 24.9 Å². The number of carbonyl (C=O) groups is 1. The fourth-order valence-electron chi connectivity index (χ4n) is 2.56. The first kappa shape index (κ1) is 13.7. The highest BCUT2D eigenvalue weighted by Gasteiger charge is 2.31. The van der Waals surface area contributed by atoms with Crippen LogP contribution in [0.4, 0.5) is 5.82 Å². The lowest BCUT2D eigenvalue weighted by molar-refractivity contribution is -0.121. The first-order valence-corrected chi connectivity index (χ1v) is 6.49. The van der Waals surface area contributed by atoms with E-state index < -0.39 is 0 Å². The van der Waals surface area contributed by atoms with Crippen molar-refractivity contribution in [3.63, 3.8) is 0 Å². The third-order valence-corrected chi connectivity index (χ3v) is 3.39. The van der Waals surface area contributed by atoms with E-state index in [4.69, 9.17) is 10.5 Å². The number of primary amides is 1. The lowest BCUT2D eigenvalue weighted by Gasteiger charge is -2.19. The molecule has 0 aliphatic heterocycles. The summed E-state index contributed by atoms with van der Waals surface area (Å²) in [6, 6.07) is 1.94. The summed E-state index contributed by atoms with van der Waals surface area (Å²) >= 11 is 0. The van der Waals surface area contributed by atoms with Gasteiger partial charge in [-0.2, -0.15) is 0 Å². The van der Waals surface area contributed by atoms with E-state index >= 15 is 0 Å². The van der Waals surface area contributed by atoms with Gasteiger partial charge in [0.25, 0.3) is 0 Å². The Morgan fingerprint density at radius 2 is 2.32 bits per heavy atom. The molecule has 0 spiro atoms. The summed E-state index contributed by atoms with van der Waals surface area (Å²) in [6.07, 6.45) is 2.80. The number of aromatic nitrogens is 2. The van der Waals surface area contributed by atoms with Crippen LogP contribution in [0.25, 0.3) is 0 Å². The van der Waals surface area contributed by atoms with Crippen LogP contribution in [0, 0.1) is 12.8 Å². The minimum Gasteiger partial charge on any atom is -0.377 e. The number of amides is 1. The molecule has 2 rings (SSSR count). The highest BCUT2D eigenvalue weighted by molar-refractivity contribution is 5.78. The highest BCUT2D eigenvalue weighted by atomic mass is 16.5. The summed E-state index contributed by atoms with van der Waals surface area (Å²) in [5, 5.41) is 3.30. The third kappa shape index (κ3) is 3.41. The van der Waals surface area contributed by atoms with Gasteiger partial charge in [0.15, 0.2) is 5.82 Å². The number of ether oxygens (including phenoxy) is 1. The Balaban J connectivity index is 2.12. The average Bonchev–Trinajstić information content (AvgIpc) is 2.76. The largest absolute Gasteiger partial charge is 0.377 e. The maximum atomic E-state index is 11.4. The predicted molar refractivity (Wildman–Crippen MR) is 71.4 cm³/mol. The van der Waals surface area contributed by atoms with Crippen molar-refractivity contribution in [1.82, 2.24) is 9.97 Å². The van der Waals surface area contributed by atoms with Crippen molar-refractivity contribution in [3.05, 3.63) is 17.6 Å². The summed E-state index contributed by atoms with van der Waals surface area (Å²) < 4.78 is 5.04. The maximum Gasteiger partial charge on any atom is 0.222 e. The summed E-state index contributed by atoms with van der Waals surface area (Å²) in [5.74, 6) is 1.02. The zero-order valence-corrected chi connectivity index (χ0v) is 11.3. The monoisotopic (exact) mass is 264 g/mol. The highest BCUT2D eigenvalue weighted by Crippen LogP contribution is 2.28. The first-order valence-electron chi connectivity index (χ1n) is 6.49. The SMILES string of the molecule is COCc1nc(C)cc(NC2CCCC2C(N)=O)n1. The zero-order chi connectivity index (χ0) is 13.8. The normalized spacial score (nSPS) is 22.4. The van der Waals surface area contributed by atoms with Crippen LogP contribution >= 0.6 is 0 Å². The summed E-state index contributed by atoms with van der Waals surface area (Å²) in [4.78, 5) is 20.0. The van der Waals surface area contributed by atoms with Crippen LogP contribution in [0.5, 0.6) is 0 Å². The fraction of sp³-hybridized carbons (Fsp3) is 0.615. The molecular formula is C13H20N4O2. The van der Waals surface area contributed by atoms with Crippen LogP contribution in [0.3, 0.4) is 0 Å². The second kappa shape index (κ2) is 5.97. The van der Waals surface area contributed by atoms with Crippen molar-refractivity contribution in [3.8, 4) is 0 Å². The average molecular weight is 264 g/mol. The van der Waals surface area contributed by atoms with Gasteiger partial charge in [0.05, 0.1) is 5.92 Å². The Morgan fingerprint density at radius 1 is 1.53 bits per heavy atom. The molecule has 0 aromatic carbocycles. The van der Waals surface area contributed by atoms with Gasteiger partial charge >= 0.3 is 0 Å². The van der Waals surface area contributed by atoms with E-state index in [9.17, 15) is 4.79 Å². The van der Waals surface area contributed by atoms with E-state index in [1.807, 2.05) is 13.0 Å². The molecule has 19 heavy (non-hydrogen) atoms. The Labute approximate surface area is 112 Å². The molecule has 2 unspecified atom stereocenters. The Hall–Kier alpha value is -1.69. The fourth-order valence-corrected chi connectivity index (χ4v) is 2.56. The molecule has 1 saturated carbocycles. The number of nitrogens with two attached hydrogens (primary N) is 1. The van der Waals surface area contributed by atoms with Crippen molar-refractivity contribution < 1.29 is 9.53 Å². The van der Waals surface area contributed by atoms with Crippen LogP contribution in [-0.2, 0) is 16.1 Å². The smallest absolute Gasteiger partial charge is 0.222 e. The summed E-state index contributed by atoms with van der Waals surface area (Å²) in [6.45, 7) is 2.28. The Bertz CT molecular complexity index is 464. The van der Waals surface area contributed by atoms with Crippen LogP contribution < -0.4 is 11.1 Å². The lowest BCUT2D eigenvalue weighted by Crippen LogP contribution is -2.34. The van der Waals surface area contributed by atoms with Gasteiger partial charge in [0.1, 0.15) is 12.4 Å². The first-order chi connectivity index (χ1) is 9.10. The Kier molecular flexibility index (Phi) is 4.31. The molecule has 2 atom stereocenters. The molecule has 104 valence electrons. The summed E-state index contributed by atoms with van der Waals surface area (Å²) in [7, 11) is 1.61. The van der Waals surface area contributed by atoms with E-state index in [2.05, 4.69) is 15.3 Å². The van der Waals surface area contributed by atoms with Crippen LogP contribution in [0.2, 0.25) is 0 Å². The van der Waals surface area contributed by atoms with E-state index in [0.29, 0.717) is 12.4 Å². The molecule has 0 saturated heterocycles. The maximum absolute atomic E-state index is 11.4. The van der Waals surface area contributed by atoms with Crippen molar-refractivity contribution in [2.24, 2.45) is 11.7 Å². The molecule has 6 nitrogen and oxygen atoms in total. The number of aryl methyl sites for hydroxylation is 1. The van der Waals surface area contributed by atoms with Crippen molar-refractivity contribution in [1.29, 1.82) is 0 Å². The topological polar surface area (TPSA) is 90.1 Å². The third-order valence-electron chi connectivity index (χ3n) is 3.39. The van der Waals surface area contributed by atoms with Gasteiger partial charge in [0.2, 0.25) is 5.91 Å². The number of methoxy groups -OCH3 is 1. The number of carbonyl (C=O) groups excluding carboxylic acids is 1. The molecule has 1 aliphatic rings. The molecule has 1 aliphatic carbocycles. The standard InChI is InChI=1S/C13H20N4O2/c1-8-6-11(17-12(15-8)7-19-2)16-10-5-3-4-9(10)13(14)18/h6,9-10H,3-5,7H2,1-2H3,(H2,14,18)(H,15,16,17). The van der Waals surface area contributed by atoms with E-state index in [1.165, 1.54) is 0 Å². The van der Waals surface area contributed by atoms with E-state index in [1.54, 1.807) is 7.11 Å². The van der Waals surface area contributed by atoms with Gasteiger partial charge < -0.3 is 15.8 Å². The quantitative estimate of drug-likeness (QED) is 0.828. The van der Waals surface area contributed by atoms with Gasteiger partial charge in [-0.15, -0.1) is 0 Å². The molecule has 1 fully saturated rings. The molecule has 1 heterocycles. The van der Waals surface area contributed by atoms with E-state index in [0.717, 1.165) is 30.8 Å². The van der Waals surface area contributed by atoms with Crippen LogP contribution in [-0.4, -0.2) is 29.0 Å². The molecule has 1 amide bonds. The van der Waals surface area contributed by atoms with Gasteiger partial charge in [-0.25, -0.2) is 9.97 Å². The minimum atomic E-state index is -0.238. The molecule has 0 radical (unpaired) electrons. The molecule has 1 aromatic rings. The number of hydrogen-bond acceptors (Lipinski definition) is 5. The van der Waals surface area contributed by atoms with Gasteiger partial charge in [-0.05, 0) is 19.8 Å². The summed E-state index contributed by atoms with van der Waals surface area (Å²) in [5.41, 5.74) is 6.29. The number of hydrogen-bond donors (Lipinski definition) is 2. The van der Waals surface area contributed by atoms with Gasteiger partial charge in [-0.3, -0.25) is 4.79 Å². The zero-order valence-electron chi connectivity index (χ0n) is 11.3. The van der Waals surface area contributed by atoms with Crippen molar-refractivity contribution in [2.45, 2.75) is 38.8 Å². The lowest BCUT2D eigenvalue weighted by atomic mass is 10.0. The number of nitrogens with zero attached hydrogens (tertiary/aromatic N) is 2. The van der Waals surface area contributed by atoms with Crippen molar-refractivity contribution >= 4 is 11.7 Å². The Morgan fingerprint density at radius 3 is 3.00 bits per heavy atom. The number of anilines is 1. The van der Waals surface area contributed by atoms with Crippen LogP contribution in [0.1, 0.15) is 30.8 Å². The number of nitrogens with one attached hydrogen (secondary N) is 1. The second-order valence-electron chi connectivity index (χ2n) is 4.93. The molecule has 3 N–H and O–H groups in total. The molecule has 1 aromatic heterocycles. The number of rotatable bonds is 5. The minimum absolute atomic E-state index is 0.0715. The molecule has 0 bridgehead atoms. The van der Waals surface area contributed by atoms with E-state index in [-0.39, 0.29) is 17.9 Å². The molecular weight excluding hydrogens is 244 g/mol. The van der Waals surface area contributed by atoms with Gasteiger partial charge in [-0.1, -0.05) is 6.42 Å². The molecule has 6 heteroatoms. The van der Waals surface area contributed by atoms with Crippen LogP contribution in [0.15, 0.2) is 6.07 Å². The predicted octanol–water partition coefficient (Wildman–Crippen LogP) is 0.997.